The molecule has 0 spiro atoms. The van der Waals surface area contributed by atoms with E-state index in [1.807, 2.05) is 26.0 Å². The maximum atomic E-state index is 5.63. The van der Waals surface area contributed by atoms with Crippen molar-refractivity contribution >= 4 is 5.69 Å². The summed E-state index contributed by atoms with van der Waals surface area (Å²) in [5.74, 6) is 1.75. The SMILES string of the molecule is CC(C)Oc1ccc(NCC2CCNCC2)cc1. The van der Waals surface area contributed by atoms with Crippen molar-refractivity contribution < 1.29 is 4.74 Å². The van der Waals surface area contributed by atoms with Gasteiger partial charge in [-0.2, -0.15) is 0 Å². The molecule has 1 aromatic rings. The van der Waals surface area contributed by atoms with Crippen LogP contribution in [0.1, 0.15) is 26.7 Å². The Labute approximate surface area is 110 Å². The normalized spacial score (nSPS) is 16.8. The molecule has 100 valence electrons. The Morgan fingerprint density at radius 3 is 2.50 bits per heavy atom. The van der Waals surface area contributed by atoms with Gasteiger partial charge in [0.1, 0.15) is 5.75 Å². The van der Waals surface area contributed by atoms with E-state index in [1.54, 1.807) is 0 Å². The van der Waals surface area contributed by atoms with Crippen molar-refractivity contribution in [1.29, 1.82) is 0 Å². The van der Waals surface area contributed by atoms with Gasteiger partial charge in [0.2, 0.25) is 0 Å². The van der Waals surface area contributed by atoms with Crippen molar-refractivity contribution in [2.45, 2.75) is 32.8 Å². The second-order valence-electron chi connectivity index (χ2n) is 5.27. The van der Waals surface area contributed by atoms with Crippen LogP contribution >= 0.6 is 0 Å². The van der Waals surface area contributed by atoms with Gasteiger partial charge in [0.15, 0.2) is 0 Å². The summed E-state index contributed by atoms with van der Waals surface area (Å²) in [5.41, 5.74) is 1.18. The molecule has 2 rings (SSSR count). The Morgan fingerprint density at radius 2 is 1.89 bits per heavy atom. The summed E-state index contributed by atoms with van der Waals surface area (Å²) < 4.78 is 5.63. The summed E-state index contributed by atoms with van der Waals surface area (Å²) >= 11 is 0. The highest BCUT2D eigenvalue weighted by atomic mass is 16.5. The average molecular weight is 248 g/mol. The molecule has 0 amide bonds. The number of hydrogen-bond donors (Lipinski definition) is 2. The van der Waals surface area contributed by atoms with Crippen LogP contribution in [0.2, 0.25) is 0 Å². The summed E-state index contributed by atoms with van der Waals surface area (Å²) in [6.07, 6.45) is 2.79. The molecule has 18 heavy (non-hydrogen) atoms. The molecule has 0 unspecified atom stereocenters. The third-order valence-corrected chi connectivity index (χ3v) is 3.28. The predicted octanol–water partition coefficient (Wildman–Crippen LogP) is 2.89. The first kappa shape index (κ1) is 13.2. The lowest BCUT2D eigenvalue weighted by Crippen LogP contribution is -2.31. The van der Waals surface area contributed by atoms with Crippen LogP contribution in [0, 0.1) is 5.92 Å². The van der Waals surface area contributed by atoms with Gasteiger partial charge < -0.3 is 15.4 Å². The van der Waals surface area contributed by atoms with Gasteiger partial charge in [0, 0.05) is 12.2 Å². The second-order valence-corrected chi connectivity index (χ2v) is 5.27. The predicted molar refractivity (Wildman–Crippen MR) is 76.3 cm³/mol. The smallest absolute Gasteiger partial charge is 0.119 e. The first-order valence-electron chi connectivity index (χ1n) is 6.95. The third-order valence-electron chi connectivity index (χ3n) is 3.28. The van der Waals surface area contributed by atoms with Crippen LogP contribution in [0.4, 0.5) is 5.69 Å². The first-order valence-corrected chi connectivity index (χ1v) is 6.95. The monoisotopic (exact) mass is 248 g/mol. The zero-order valence-corrected chi connectivity index (χ0v) is 11.4. The molecule has 0 aromatic heterocycles. The molecule has 1 saturated heterocycles. The van der Waals surface area contributed by atoms with Gasteiger partial charge in [0.25, 0.3) is 0 Å². The minimum Gasteiger partial charge on any atom is -0.491 e. The molecule has 0 atom stereocenters. The van der Waals surface area contributed by atoms with Crippen molar-refractivity contribution in [3.8, 4) is 5.75 Å². The number of ether oxygens (including phenoxy) is 1. The highest BCUT2D eigenvalue weighted by molar-refractivity contribution is 5.46. The third kappa shape index (κ3) is 4.22. The van der Waals surface area contributed by atoms with Crippen molar-refractivity contribution in [3.05, 3.63) is 24.3 Å². The fraction of sp³-hybridized carbons (Fsp3) is 0.600. The van der Waals surface area contributed by atoms with E-state index < -0.39 is 0 Å². The summed E-state index contributed by atoms with van der Waals surface area (Å²) in [6.45, 7) is 7.49. The topological polar surface area (TPSA) is 33.3 Å². The molecular formula is C15H24N2O. The molecule has 0 bridgehead atoms. The largest absolute Gasteiger partial charge is 0.491 e. The fourth-order valence-corrected chi connectivity index (χ4v) is 2.27. The summed E-state index contributed by atoms with van der Waals surface area (Å²) in [7, 11) is 0. The summed E-state index contributed by atoms with van der Waals surface area (Å²) in [4.78, 5) is 0. The molecule has 3 heteroatoms. The van der Waals surface area contributed by atoms with Gasteiger partial charge in [-0.3, -0.25) is 0 Å². The van der Waals surface area contributed by atoms with E-state index >= 15 is 0 Å². The van der Waals surface area contributed by atoms with Gasteiger partial charge in [-0.1, -0.05) is 0 Å². The van der Waals surface area contributed by atoms with Crippen LogP contribution in [0.5, 0.6) is 5.75 Å². The van der Waals surface area contributed by atoms with E-state index in [-0.39, 0.29) is 6.10 Å². The lowest BCUT2D eigenvalue weighted by Gasteiger charge is -2.23. The highest BCUT2D eigenvalue weighted by Crippen LogP contribution is 2.18. The average Bonchev–Trinajstić information content (AvgIpc) is 2.38. The Balaban J connectivity index is 1.78. The zero-order chi connectivity index (χ0) is 12.8. The number of anilines is 1. The fourth-order valence-electron chi connectivity index (χ4n) is 2.27. The minimum absolute atomic E-state index is 0.235. The van der Waals surface area contributed by atoms with E-state index in [9.17, 15) is 0 Å². The molecule has 0 radical (unpaired) electrons. The van der Waals surface area contributed by atoms with Crippen LogP contribution in [-0.4, -0.2) is 25.7 Å². The number of piperidine rings is 1. The lowest BCUT2D eigenvalue weighted by molar-refractivity contribution is 0.242. The quantitative estimate of drug-likeness (QED) is 0.840. The Morgan fingerprint density at radius 1 is 1.22 bits per heavy atom. The molecule has 0 saturated carbocycles. The van der Waals surface area contributed by atoms with Crippen molar-refractivity contribution in [1.82, 2.24) is 5.32 Å². The number of hydrogen-bond acceptors (Lipinski definition) is 3. The molecule has 1 aliphatic rings. The van der Waals surface area contributed by atoms with Crippen LogP contribution in [0.3, 0.4) is 0 Å². The van der Waals surface area contributed by atoms with Gasteiger partial charge in [-0.25, -0.2) is 0 Å². The Kier molecular flexibility index (Phi) is 4.88. The van der Waals surface area contributed by atoms with Crippen molar-refractivity contribution in [2.24, 2.45) is 5.92 Å². The second kappa shape index (κ2) is 6.64. The Hall–Kier alpha value is -1.22. The van der Waals surface area contributed by atoms with E-state index in [4.69, 9.17) is 4.74 Å². The molecule has 1 fully saturated rings. The molecule has 3 nitrogen and oxygen atoms in total. The van der Waals surface area contributed by atoms with E-state index in [0.717, 1.165) is 31.3 Å². The van der Waals surface area contributed by atoms with E-state index in [1.165, 1.54) is 18.5 Å². The van der Waals surface area contributed by atoms with Gasteiger partial charge in [-0.15, -0.1) is 0 Å². The number of nitrogens with one attached hydrogen (secondary N) is 2. The van der Waals surface area contributed by atoms with E-state index in [0.29, 0.717) is 0 Å². The van der Waals surface area contributed by atoms with Crippen LogP contribution in [0.15, 0.2) is 24.3 Å². The minimum atomic E-state index is 0.235. The molecule has 2 N–H and O–H groups in total. The van der Waals surface area contributed by atoms with Crippen molar-refractivity contribution in [3.63, 3.8) is 0 Å². The van der Waals surface area contributed by atoms with Crippen molar-refractivity contribution in [2.75, 3.05) is 25.0 Å². The van der Waals surface area contributed by atoms with Crippen LogP contribution in [0.25, 0.3) is 0 Å². The van der Waals surface area contributed by atoms with E-state index in [2.05, 4.69) is 22.8 Å². The Bertz CT molecular complexity index is 342. The molecule has 1 heterocycles. The van der Waals surface area contributed by atoms with Gasteiger partial charge in [-0.05, 0) is 70.0 Å². The molecule has 0 aliphatic carbocycles. The number of benzene rings is 1. The van der Waals surface area contributed by atoms with Crippen LogP contribution in [-0.2, 0) is 0 Å². The van der Waals surface area contributed by atoms with Crippen LogP contribution < -0.4 is 15.4 Å². The molecule has 1 aromatic carbocycles. The molecule has 1 aliphatic heterocycles. The maximum Gasteiger partial charge on any atom is 0.119 e. The lowest BCUT2D eigenvalue weighted by atomic mass is 9.98. The standard InChI is InChI=1S/C15H24N2O/c1-12(2)18-15-5-3-14(4-6-15)17-11-13-7-9-16-10-8-13/h3-6,12-13,16-17H,7-11H2,1-2H3. The summed E-state index contributed by atoms with van der Waals surface area (Å²) in [6, 6.07) is 8.26. The highest BCUT2D eigenvalue weighted by Gasteiger charge is 2.12. The van der Waals surface area contributed by atoms with Gasteiger partial charge >= 0.3 is 0 Å². The molecular weight excluding hydrogens is 224 g/mol. The first-order chi connectivity index (χ1) is 8.74. The van der Waals surface area contributed by atoms with Gasteiger partial charge in [0.05, 0.1) is 6.10 Å². The zero-order valence-electron chi connectivity index (χ0n) is 11.4. The number of rotatable bonds is 5. The maximum absolute atomic E-state index is 5.63. The summed E-state index contributed by atoms with van der Waals surface area (Å²) in [5, 5.41) is 6.91.